The lowest BCUT2D eigenvalue weighted by Gasteiger charge is -2.36. The van der Waals surface area contributed by atoms with Gasteiger partial charge in [-0.1, -0.05) is 6.08 Å². The Bertz CT molecular complexity index is 328. The van der Waals surface area contributed by atoms with E-state index >= 15 is 0 Å². The van der Waals surface area contributed by atoms with Crippen LogP contribution in [-0.4, -0.2) is 59.8 Å². The van der Waals surface area contributed by atoms with Crippen molar-refractivity contribution in [1.82, 2.24) is 5.32 Å². The van der Waals surface area contributed by atoms with E-state index in [1.807, 2.05) is 0 Å². The summed E-state index contributed by atoms with van der Waals surface area (Å²) in [5.41, 5.74) is -0.557. The van der Waals surface area contributed by atoms with Gasteiger partial charge in [0.2, 0.25) is 5.91 Å². The van der Waals surface area contributed by atoms with Gasteiger partial charge in [-0.05, 0) is 0 Å². The first kappa shape index (κ1) is 13.5. The normalized spacial score (nSPS) is 38.4. The third-order valence-corrected chi connectivity index (χ3v) is 3.37. The van der Waals surface area contributed by atoms with Crippen molar-refractivity contribution < 1.29 is 24.5 Å². The molecular weight excluding hydrogens is 238 g/mol. The largest absolute Gasteiger partial charge is 0.395 e. The molecule has 1 spiro atoms. The maximum absolute atomic E-state index is 11.5. The molecule has 2 rings (SSSR count). The summed E-state index contributed by atoms with van der Waals surface area (Å²) in [6.45, 7) is 4.27. The molecule has 6 heteroatoms. The van der Waals surface area contributed by atoms with Crippen molar-refractivity contribution >= 4 is 5.91 Å². The van der Waals surface area contributed by atoms with Crippen molar-refractivity contribution in [3.05, 3.63) is 12.7 Å². The van der Waals surface area contributed by atoms with Crippen LogP contribution in [-0.2, 0) is 14.3 Å². The molecule has 0 saturated carbocycles. The van der Waals surface area contributed by atoms with Crippen molar-refractivity contribution in [2.45, 2.75) is 36.8 Å². The van der Waals surface area contributed by atoms with Crippen LogP contribution >= 0.6 is 0 Å². The SMILES string of the molecule is C=C[C@H]1O[C@H](CC(=O)NCCO)C[C@@]2(CO2)[C@@H]1O. The zero-order valence-corrected chi connectivity index (χ0v) is 10.2. The van der Waals surface area contributed by atoms with Gasteiger partial charge in [0.1, 0.15) is 17.8 Å². The minimum Gasteiger partial charge on any atom is -0.395 e. The number of hydrogen-bond donors (Lipinski definition) is 3. The van der Waals surface area contributed by atoms with Gasteiger partial charge in [0.15, 0.2) is 0 Å². The molecular formula is C12H19NO5. The molecule has 6 nitrogen and oxygen atoms in total. The van der Waals surface area contributed by atoms with Crippen molar-refractivity contribution in [3.8, 4) is 0 Å². The average molecular weight is 257 g/mol. The number of aliphatic hydroxyl groups is 2. The molecule has 0 aliphatic carbocycles. The lowest BCUT2D eigenvalue weighted by molar-refractivity contribution is -0.145. The summed E-state index contributed by atoms with van der Waals surface area (Å²) in [6.07, 6.45) is 0.722. The molecule has 2 aliphatic rings. The highest BCUT2D eigenvalue weighted by Crippen LogP contribution is 2.43. The second-order valence-electron chi connectivity index (χ2n) is 4.74. The first-order valence-corrected chi connectivity index (χ1v) is 6.09. The molecule has 18 heavy (non-hydrogen) atoms. The standard InChI is InChI=1S/C12H19NO5/c1-2-9-11(16)12(7-17-12)6-8(18-9)5-10(15)13-3-4-14/h2,8-9,11,14,16H,1,3-7H2,(H,13,15)/t8-,9-,11-,12-/m1/s1. The van der Waals surface area contributed by atoms with Crippen LogP contribution in [0.4, 0.5) is 0 Å². The average Bonchev–Trinajstić information content (AvgIpc) is 3.11. The molecule has 0 unspecified atom stereocenters. The number of carbonyl (C=O) groups excluding carboxylic acids is 1. The predicted molar refractivity (Wildman–Crippen MR) is 62.9 cm³/mol. The van der Waals surface area contributed by atoms with Gasteiger partial charge in [-0.2, -0.15) is 0 Å². The van der Waals surface area contributed by atoms with Gasteiger partial charge in [-0.25, -0.2) is 0 Å². The highest BCUT2D eigenvalue weighted by atomic mass is 16.6. The molecule has 2 fully saturated rings. The lowest BCUT2D eigenvalue weighted by atomic mass is 9.88. The highest BCUT2D eigenvalue weighted by Gasteiger charge is 2.58. The maximum Gasteiger partial charge on any atom is 0.222 e. The van der Waals surface area contributed by atoms with Gasteiger partial charge in [0.25, 0.3) is 0 Å². The molecule has 2 aliphatic heterocycles. The first-order chi connectivity index (χ1) is 8.61. The minimum atomic E-state index is -0.716. The van der Waals surface area contributed by atoms with E-state index in [0.717, 1.165) is 0 Å². The lowest BCUT2D eigenvalue weighted by Crippen LogP contribution is -2.50. The van der Waals surface area contributed by atoms with Gasteiger partial charge < -0.3 is 25.0 Å². The summed E-state index contributed by atoms with van der Waals surface area (Å²) in [6, 6.07) is 0. The van der Waals surface area contributed by atoms with Gasteiger partial charge in [-0.15, -0.1) is 6.58 Å². The number of ether oxygens (including phenoxy) is 2. The van der Waals surface area contributed by atoms with Crippen LogP contribution in [0.2, 0.25) is 0 Å². The van der Waals surface area contributed by atoms with Crippen LogP contribution in [0.1, 0.15) is 12.8 Å². The van der Waals surface area contributed by atoms with E-state index in [4.69, 9.17) is 14.6 Å². The number of amides is 1. The third-order valence-electron chi connectivity index (χ3n) is 3.37. The van der Waals surface area contributed by atoms with E-state index in [-0.39, 0.29) is 31.6 Å². The number of aliphatic hydroxyl groups excluding tert-OH is 2. The molecule has 1 amide bonds. The summed E-state index contributed by atoms with van der Waals surface area (Å²) in [7, 11) is 0. The van der Waals surface area contributed by atoms with E-state index in [9.17, 15) is 9.90 Å². The third kappa shape index (κ3) is 2.72. The molecule has 3 N–H and O–H groups in total. The Morgan fingerprint density at radius 1 is 1.61 bits per heavy atom. The fraction of sp³-hybridized carbons (Fsp3) is 0.750. The Morgan fingerprint density at radius 3 is 2.89 bits per heavy atom. The number of hydrogen-bond acceptors (Lipinski definition) is 5. The number of epoxide rings is 1. The van der Waals surface area contributed by atoms with Crippen LogP contribution in [0.5, 0.6) is 0 Å². The number of nitrogens with one attached hydrogen (secondary N) is 1. The van der Waals surface area contributed by atoms with Gasteiger partial charge in [0, 0.05) is 13.0 Å². The summed E-state index contributed by atoms with van der Waals surface area (Å²) in [4.78, 5) is 11.5. The maximum atomic E-state index is 11.5. The zero-order chi connectivity index (χ0) is 13.2. The van der Waals surface area contributed by atoms with E-state index in [0.29, 0.717) is 13.0 Å². The van der Waals surface area contributed by atoms with Crippen molar-refractivity contribution in [3.63, 3.8) is 0 Å². The molecule has 2 saturated heterocycles. The van der Waals surface area contributed by atoms with Crippen molar-refractivity contribution in [1.29, 1.82) is 0 Å². The molecule has 0 radical (unpaired) electrons. The van der Waals surface area contributed by atoms with Crippen LogP contribution in [0, 0.1) is 0 Å². The zero-order valence-electron chi connectivity index (χ0n) is 10.2. The smallest absolute Gasteiger partial charge is 0.222 e. The van der Waals surface area contributed by atoms with Crippen LogP contribution in [0.3, 0.4) is 0 Å². The molecule has 4 atom stereocenters. The quantitative estimate of drug-likeness (QED) is 0.432. The molecule has 0 aromatic rings. The van der Waals surface area contributed by atoms with E-state index in [1.54, 1.807) is 0 Å². The molecule has 102 valence electrons. The molecule has 0 bridgehead atoms. The predicted octanol–water partition coefficient (Wildman–Crippen LogP) is -1.04. The second kappa shape index (κ2) is 5.36. The van der Waals surface area contributed by atoms with Crippen LogP contribution < -0.4 is 5.32 Å². The summed E-state index contributed by atoms with van der Waals surface area (Å²) >= 11 is 0. The fourth-order valence-electron chi connectivity index (χ4n) is 2.31. The summed E-state index contributed by atoms with van der Waals surface area (Å²) < 4.78 is 10.9. The molecule has 2 heterocycles. The monoisotopic (exact) mass is 257 g/mol. The van der Waals surface area contributed by atoms with Crippen LogP contribution in [0.15, 0.2) is 12.7 Å². The minimum absolute atomic E-state index is 0.0850. The summed E-state index contributed by atoms with van der Waals surface area (Å²) in [5.74, 6) is -0.177. The Hall–Kier alpha value is -0.950. The van der Waals surface area contributed by atoms with E-state index < -0.39 is 17.8 Å². The van der Waals surface area contributed by atoms with Gasteiger partial charge >= 0.3 is 0 Å². The molecule has 0 aromatic carbocycles. The Kier molecular flexibility index (Phi) is 4.01. The van der Waals surface area contributed by atoms with Gasteiger partial charge in [-0.3, -0.25) is 4.79 Å². The Morgan fingerprint density at radius 2 is 2.33 bits per heavy atom. The molecule has 0 aromatic heterocycles. The topological polar surface area (TPSA) is 91.3 Å². The first-order valence-electron chi connectivity index (χ1n) is 6.09. The van der Waals surface area contributed by atoms with E-state index in [1.165, 1.54) is 6.08 Å². The Balaban J connectivity index is 1.90. The number of carbonyl (C=O) groups is 1. The highest BCUT2D eigenvalue weighted by molar-refractivity contribution is 5.76. The van der Waals surface area contributed by atoms with Crippen LogP contribution in [0.25, 0.3) is 0 Å². The van der Waals surface area contributed by atoms with Crippen molar-refractivity contribution in [2.24, 2.45) is 0 Å². The fourth-order valence-corrected chi connectivity index (χ4v) is 2.31. The second-order valence-corrected chi connectivity index (χ2v) is 4.74. The summed E-state index contributed by atoms with van der Waals surface area (Å²) in [5, 5.41) is 21.2. The van der Waals surface area contributed by atoms with Gasteiger partial charge in [0.05, 0.1) is 25.7 Å². The van der Waals surface area contributed by atoms with E-state index in [2.05, 4.69) is 11.9 Å². The van der Waals surface area contributed by atoms with Crippen molar-refractivity contribution in [2.75, 3.05) is 19.8 Å². The Labute approximate surface area is 106 Å². The number of rotatable bonds is 5.